The number of hydrogen-bond acceptors (Lipinski definition) is 4. The van der Waals surface area contributed by atoms with Crippen LogP contribution >= 0.6 is 11.8 Å². The maximum atomic E-state index is 9.91. The summed E-state index contributed by atoms with van der Waals surface area (Å²) in [5.41, 5.74) is 0.882. The Kier molecular flexibility index (Phi) is 6.11. The number of para-hydroxylation sites is 1. The van der Waals surface area contributed by atoms with E-state index in [4.69, 9.17) is 4.74 Å². The highest BCUT2D eigenvalue weighted by Gasteiger charge is 2.06. The summed E-state index contributed by atoms with van der Waals surface area (Å²) in [5, 5.41) is 13.2. The lowest BCUT2D eigenvalue weighted by molar-refractivity contribution is 0.316. The molecule has 0 spiro atoms. The molecule has 0 unspecified atom stereocenters. The number of phenols is 1. The van der Waals surface area contributed by atoms with E-state index in [2.05, 4.69) is 11.6 Å². The van der Waals surface area contributed by atoms with Crippen molar-refractivity contribution in [3.8, 4) is 11.5 Å². The summed E-state index contributed by atoms with van der Waals surface area (Å²) in [4.78, 5) is 0. The Hall–Kier alpha value is -0.870. The Labute approximate surface area is 101 Å². The van der Waals surface area contributed by atoms with Crippen LogP contribution in [0.1, 0.15) is 12.5 Å². The molecule has 0 saturated carbocycles. The van der Waals surface area contributed by atoms with Crippen molar-refractivity contribution in [3.63, 3.8) is 0 Å². The first kappa shape index (κ1) is 13.2. The Balaban J connectivity index is 2.55. The van der Waals surface area contributed by atoms with E-state index in [9.17, 15) is 5.11 Å². The van der Waals surface area contributed by atoms with Crippen LogP contribution in [0.3, 0.4) is 0 Å². The summed E-state index contributed by atoms with van der Waals surface area (Å²) < 4.78 is 5.32. The van der Waals surface area contributed by atoms with Crippen LogP contribution in [0.2, 0.25) is 0 Å². The van der Waals surface area contributed by atoms with Gasteiger partial charge in [0.15, 0.2) is 11.5 Å². The van der Waals surface area contributed by atoms with Gasteiger partial charge in [-0.3, -0.25) is 0 Å². The summed E-state index contributed by atoms with van der Waals surface area (Å²) in [6.07, 6.45) is 2.08. The maximum absolute atomic E-state index is 9.91. The topological polar surface area (TPSA) is 41.5 Å². The van der Waals surface area contributed by atoms with E-state index >= 15 is 0 Å². The molecule has 1 aromatic rings. The van der Waals surface area contributed by atoms with Gasteiger partial charge in [-0.1, -0.05) is 12.1 Å². The van der Waals surface area contributed by atoms with E-state index < -0.39 is 0 Å². The van der Waals surface area contributed by atoms with Crippen molar-refractivity contribution in [1.29, 1.82) is 0 Å². The normalized spacial score (nSPS) is 10.4. The second kappa shape index (κ2) is 7.41. The summed E-state index contributed by atoms with van der Waals surface area (Å²) in [5.74, 6) is 1.89. The molecule has 3 nitrogen and oxygen atoms in total. The standard InChI is InChI=1S/C12H19NO2S/c1-3-15-11-6-4-5-10(12(11)14)9-13-7-8-16-2/h4-6,13-14H,3,7-9H2,1-2H3. The third-order valence-electron chi connectivity index (χ3n) is 2.18. The molecule has 0 fully saturated rings. The molecule has 2 N–H and O–H groups in total. The molecule has 0 atom stereocenters. The van der Waals surface area contributed by atoms with Crippen LogP contribution in [-0.4, -0.2) is 30.3 Å². The molecule has 0 radical (unpaired) electrons. The van der Waals surface area contributed by atoms with Crippen molar-refractivity contribution < 1.29 is 9.84 Å². The van der Waals surface area contributed by atoms with Gasteiger partial charge >= 0.3 is 0 Å². The number of hydrogen-bond donors (Lipinski definition) is 2. The van der Waals surface area contributed by atoms with Gasteiger partial charge in [0, 0.05) is 24.4 Å². The first-order valence-corrected chi connectivity index (χ1v) is 6.82. The number of benzene rings is 1. The summed E-state index contributed by atoms with van der Waals surface area (Å²) in [7, 11) is 0. The van der Waals surface area contributed by atoms with Gasteiger partial charge in [0.2, 0.25) is 0 Å². The highest BCUT2D eigenvalue weighted by Crippen LogP contribution is 2.29. The third kappa shape index (κ3) is 3.94. The molecular formula is C12H19NO2S. The third-order valence-corrected chi connectivity index (χ3v) is 2.79. The lowest BCUT2D eigenvalue weighted by atomic mass is 10.2. The quantitative estimate of drug-likeness (QED) is 0.718. The van der Waals surface area contributed by atoms with Crippen molar-refractivity contribution in [1.82, 2.24) is 5.32 Å². The van der Waals surface area contributed by atoms with Crippen LogP contribution in [0.15, 0.2) is 18.2 Å². The zero-order valence-electron chi connectivity index (χ0n) is 9.82. The van der Waals surface area contributed by atoms with E-state index in [1.54, 1.807) is 17.8 Å². The zero-order chi connectivity index (χ0) is 11.8. The average Bonchev–Trinajstić information content (AvgIpc) is 2.29. The van der Waals surface area contributed by atoms with Crippen molar-refractivity contribution >= 4 is 11.8 Å². The Bertz CT molecular complexity index is 318. The maximum Gasteiger partial charge on any atom is 0.162 e. The molecule has 90 valence electrons. The van der Waals surface area contributed by atoms with Gasteiger partial charge in [-0.2, -0.15) is 11.8 Å². The number of phenolic OH excluding ortho intramolecular Hbond substituents is 1. The van der Waals surface area contributed by atoms with Crippen molar-refractivity contribution in [2.75, 3.05) is 25.2 Å². The first-order chi connectivity index (χ1) is 7.79. The summed E-state index contributed by atoms with van der Waals surface area (Å²) in [6.45, 7) is 4.09. The molecule has 0 amide bonds. The molecule has 0 heterocycles. The van der Waals surface area contributed by atoms with E-state index in [1.165, 1.54) is 0 Å². The molecule has 0 bridgehead atoms. The van der Waals surface area contributed by atoms with Gasteiger partial charge < -0.3 is 15.2 Å². The fraction of sp³-hybridized carbons (Fsp3) is 0.500. The molecular weight excluding hydrogens is 222 g/mol. The van der Waals surface area contributed by atoms with Crippen LogP contribution in [0, 0.1) is 0 Å². The largest absolute Gasteiger partial charge is 0.504 e. The fourth-order valence-corrected chi connectivity index (χ4v) is 1.73. The van der Waals surface area contributed by atoms with Crippen LogP contribution in [0.4, 0.5) is 0 Å². The molecule has 4 heteroatoms. The SMILES string of the molecule is CCOc1cccc(CNCCSC)c1O. The van der Waals surface area contributed by atoms with E-state index in [0.29, 0.717) is 18.9 Å². The molecule has 1 aromatic carbocycles. The number of rotatable bonds is 7. The van der Waals surface area contributed by atoms with Crippen molar-refractivity contribution in [2.24, 2.45) is 0 Å². The molecule has 0 aliphatic carbocycles. The number of thioether (sulfide) groups is 1. The monoisotopic (exact) mass is 241 g/mol. The lowest BCUT2D eigenvalue weighted by Crippen LogP contribution is -2.16. The average molecular weight is 241 g/mol. The Morgan fingerprint density at radius 3 is 2.94 bits per heavy atom. The minimum absolute atomic E-state index is 0.251. The second-order valence-electron chi connectivity index (χ2n) is 3.37. The van der Waals surface area contributed by atoms with E-state index in [-0.39, 0.29) is 5.75 Å². The highest BCUT2D eigenvalue weighted by molar-refractivity contribution is 7.98. The van der Waals surface area contributed by atoms with Crippen molar-refractivity contribution in [2.45, 2.75) is 13.5 Å². The van der Waals surface area contributed by atoms with Gasteiger partial charge in [0.25, 0.3) is 0 Å². The van der Waals surface area contributed by atoms with Crippen LogP contribution < -0.4 is 10.1 Å². The molecule has 16 heavy (non-hydrogen) atoms. The fourth-order valence-electron chi connectivity index (χ4n) is 1.38. The summed E-state index contributed by atoms with van der Waals surface area (Å²) in [6, 6.07) is 5.59. The molecule has 1 rings (SSSR count). The predicted octanol–water partition coefficient (Wildman–Crippen LogP) is 2.24. The number of ether oxygens (including phenoxy) is 1. The van der Waals surface area contributed by atoms with Crippen LogP contribution in [0.25, 0.3) is 0 Å². The predicted molar refractivity (Wildman–Crippen MR) is 69.4 cm³/mol. The molecule has 0 saturated heterocycles. The highest BCUT2D eigenvalue weighted by atomic mass is 32.2. The molecule has 0 aromatic heterocycles. The number of nitrogens with one attached hydrogen (secondary N) is 1. The zero-order valence-corrected chi connectivity index (χ0v) is 10.6. The van der Waals surface area contributed by atoms with E-state index in [0.717, 1.165) is 17.9 Å². The summed E-state index contributed by atoms with van der Waals surface area (Å²) >= 11 is 1.80. The Morgan fingerprint density at radius 2 is 2.25 bits per heavy atom. The smallest absolute Gasteiger partial charge is 0.162 e. The minimum Gasteiger partial charge on any atom is -0.504 e. The molecule has 0 aliphatic rings. The van der Waals surface area contributed by atoms with Gasteiger partial charge in [0.1, 0.15) is 0 Å². The van der Waals surface area contributed by atoms with Gasteiger partial charge in [-0.15, -0.1) is 0 Å². The van der Waals surface area contributed by atoms with Gasteiger partial charge in [-0.05, 0) is 19.2 Å². The number of aromatic hydroxyl groups is 1. The van der Waals surface area contributed by atoms with Crippen LogP contribution in [0.5, 0.6) is 11.5 Å². The first-order valence-electron chi connectivity index (χ1n) is 5.43. The van der Waals surface area contributed by atoms with Crippen LogP contribution in [-0.2, 0) is 6.54 Å². The minimum atomic E-state index is 0.251. The lowest BCUT2D eigenvalue weighted by Gasteiger charge is -2.10. The molecule has 0 aliphatic heterocycles. The Morgan fingerprint density at radius 1 is 1.44 bits per heavy atom. The van der Waals surface area contributed by atoms with Crippen molar-refractivity contribution in [3.05, 3.63) is 23.8 Å². The van der Waals surface area contributed by atoms with Gasteiger partial charge in [0.05, 0.1) is 6.61 Å². The second-order valence-corrected chi connectivity index (χ2v) is 4.35. The van der Waals surface area contributed by atoms with E-state index in [1.807, 2.05) is 19.1 Å². The van der Waals surface area contributed by atoms with Gasteiger partial charge in [-0.25, -0.2) is 0 Å².